The van der Waals surface area contributed by atoms with E-state index >= 15 is 0 Å². The van der Waals surface area contributed by atoms with Gasteiger partial charge in [0.1, 0.15) is 5.15 Å². The van der Waals surface area contributed by atoms with Crippen molar-refractivity contribution in [2.75, 3.05) is 0 Å². The van der Waals surface area contributed by atoms with E-state index in [1.807, 2.05) is 17.5 Å². The summed E-state index contributed by atoms with van der Waals surface area (Å²) in [6, 6.07) is 7.46. The Bertz CT molecular complexity index is 542. The van der Waals surface area contributed by atoms with Gasteiger partial charge in [0.15, 0.2) is 0 Å². The molecule has 2 rings (SSSR count). The van der Waals surface area contributed by atoms with Crippen LogP contribution in [0, 0.1) is 0 Å². The van der Waals surface area contributed by atoms with Gasteiger partial charge in [-0.2, -0.15) is 0 Å². The molecule has 19 heavy (non-hydrogen) atoms. The van der Waals surface area contributed by atoms with Crippen molar-refractivity contribution in [3.8, 4) is 0 Å². The smallest absolute Gasteiger partial charge is 0.254 e. The SMILES string of the molecule is CCCC(NC(=O)c1cccnc1Cl)c1cccs1. The van der Waals surface area contributed by atoms with E-state index < -0.39 is 0 Å². The lowest BCUT2D eigenvalue weighted by molar-refractivity contribution is 0.0935. The Kier molecular flexibility index (Phi) is 4.93. The largest absolute Gasteiger partial charge is 0.344 e. The van der Waals surface area contributed by atoms with Gasteiger partial charge in [-0.3, -0.25) is 4.79 Å². The number of nitrogens with one attached hydrogen (secondary N) is 1. The molecule has 0 aliphatic rings. The molecule has 1 amide bonds. The first kappa shape index (κ1) is 14.0. The van der Waals surface area contributed by atoms with E-state index in [9.17, 15) is 4.79 Å². The molecule has 100 valence electrons. The van der Waals surface area contributed by atoms with Crippen LogP contribution in [0.1, 0.15) is 41.0 Å². The summed E-state index contributed by atoms with van der Waals surface area (Å²) in [5, 5.41) is 5.28. The maximum Gasteiger partial charge on any atom is 0.254 e. The molecule has 2 aromatic heterocycles. The molecule has 0 bridgehead atoms. The molecule has 5 heteroatoms. The van der Waals surface area contributed by atoms with Crippen molar-refractivity contribution in [3.05, 3.63) is 51.4 Å². The van der Waals surface area contributed by atoms with Crippen LogP contribution < -0.4 is 5.32 Å². The lowest BCUT2D eigenvalue weighted by atomic mass is 10.1. The Morgan fingerprint density at radius 3 is 2.95 bits per heavy atom. The maximum absolute atomic E-state index is 12.2. The number of rotatable bonds is 5. The summed E-state index contributed by atoms with van der Waals surface area (Å²) in [6.07, 6.45) is 3.48. The summed E-state index contributed by atoms with van der Waals surface area (Å²) in [5.74, 6) is -0.176. The molecule has 3 nitrogen and oxygen atoms in total. The first-order valence-electron chi connectivity index (χ1n) is 6.17. The summed E-state index contributed by atoms with van der Waals surface area (Å²) >= 11 is 7.58. The third-order valence-corrected chi connectivity index (χ3v) is 4.06. The van der Waals surface area contributed by atoms with Crippen molar-refractivity contribution in [1.29, 1.82) is 0 Å². The van der Waals surface area contributed by atoms with Gasteiger partial charge in [0.25, 0.3) is 5.91 Å². The quantitative estimate of drug-likeness (QED) is 0.845. The van der Waals surface area contributed by atoms with Gasteiger partial charge in [0.05, 0.1) is 11.6 Å². The number of pyridine rings is 1. The van der Waals surface area contributed by atoms with Crippen molar-refractivity contribution in [2.45, 2.75) is 25.8 Å². The van der Waals surface area contributed by atoms with Gasteiger partial charge < -0.3 is 5.32 Å². The molecule has 1 atom stereocenters. The second-order valence-corrected chi connectivity index (χ2v) is 5.51. The molecule has 0 aliphatic carbocycles. The molecule has 2 aromatic rings. The Morgan fingerprint density at radius 2 is 2.32 bits per heavy atom. The molecule has 0 radical (unpaired) electrons. The topological polar surface area (TPSA) is 42.0 Å². The molecule has 2 heterocycles. The summed E-state index contributed by atoms with van der Waals surface area (Å²) in [7, 11) is 0. The van der Waals surface area contributed by atoms with E-state index in [-0.39, 0.29) is 17.1 Å². The number of aromatic nitrogens is 1. The van der Waals surface area contributed by atoms with Gasteiger partial charge in [-0.15, -0.1) is 11.3 Å². The van der Waals surface area contributed by atoms with Crippen LogP contribution in [0.15, 0.2) is 35.8 Å². The highest BCUT2D eigenvalue weighted by atomic mass is 35.5. The van der Waals surface area contributed by atoms with Gasteiger partial charge in [-0.25, -0.2) is 4.98 Å². The van der Waals surface area contributed by atoms with Crippen molar-refractivity contribution < 1.29 is 4.79 Å². The minimum Gasteiger partial charge on any atom is -0.344 e. The fourth-order valence-electron chi connectivity index (χ4n) is 1.86. The van der Waals surface area contributed by atoms with E-state index in [0.29, 0.717) is 5.56 Å². The normalized spacial score (nSPS) is 12.1. The van der Waals surface area contributed by atoms with Crippen molar-refractivity contribution in [3.63, 3.8) is 0 Å². The Balaban J connectivity index is 2.14. The average molecular weight is 295 g/mol. The van der Waals surface area contributed by atoms with Crippen LogP contribution >= 0.6 is 22.9 Å². The third kappa shape index (κ3) is 3.55. The van der Waals surface area contributed by atoms with E-state index in [4.69, 9.17) is 11.6 Å². The standard InChI is InChI=1S/C14H15ClN2OS/c1-2-5-11(12-7-4-9-19-12)17-14(18)10-6-3-8-16-13(10)15/h3-4,6-9,11H,2,5H2,1H3,(H,17,18). The minimum absolute atomic E-state index is 0.0359. The van der Waals surface area contributed by atoms with Crippen LogP contribution in [0.25, 0.3) is 0 Å². The van der Waals surface area contributed by atoms with Gasteiger partial charge in [0, 0.05) is 11.1 Å². The van der Waals surface area contributed by atoms with Gasteiger partial charge in [-0.05, 0) is 30.0 Å². The second kappa shape index (κ2) is 6.68. The first-order valence-corrected chi connectivity index (χ1v) is 7.43. The van der Waals surface area contributed by atoms with E-state index in [2.05, 4.69) is 17.2 Å². The minimum atomic E-state index is -0.176. The number of halogens is 1. The number of amides is 1. The van der Waals surface area contributed by atoms with E-state index in [1.54, 1.807) is 29.7 Å². The maximum atomic E-state index is 12.2. The number of nitrogens with zero attached hydrogens (tertiary/aromatic N) is 1. The third-order valence-electron chi connectivity index (χ3n) is 2.77. The van der Waals surface area contributed by atoms with Gasteiger partial charge >= 0.3 is 0 Å². The molecule has 0 spiro atoms. The lowest BCUT2D eigenvalue weighted by Gasteiger charge is -2.17. The summed E-state index contributed by atoms with van der Waals surface area (Å²) in [5.41, 5.74) is 0.418. The van der Waals surface area contributed by atoms with Crippen LogP contribution in [0.3, 0.4) is 0 Å². The predicted molar refractivity (Wildman–Crippen MR) is 78.7 cm³/mol. The number of hydrogen-bond acceptors (Lipinski definition) is 3. The molecule has 1 unspecified atom stereocenters. The first-order chi connectivity index (χ1) is 9.22. The van der Waals surface area contributed by atoms with Crippen molar-refractivity contribution >= 4 is 28.8 Å². The van der Waals surface area contributed by atoms with Crippen LogP contribution in [-0.2, 0) is 0 Å². The van der Waals surface area contributed by atoms with E-state index in [1.165, 1.54) is 0 Å². The van der Waals surface area contributed by atoms with Crippen molar-refractivity contribution in [1.82, 2.24) is 10.3 Å². The molecule has 1 N–H and O–H groups in total. The van der Waals surface area contributed by atoms with Crippen molar-refractivity contribution in [2.24, 2.45) is 0 Å². The zero-order valence-corrected chi connectivity index (χ0v) is 12.2. The average Bonchev–Trinajstić information content (AvgIpc) is 2.92. The number of carbonyl (C=O) groups excluding carboxylic acids is 1. The van der Waals surface area contributed by atoms with E-state index in [0.717, 1.165) is 17.7 Å². The molecule has 0 saturated carbocycles. The lowest BCUT2D eigenvalue weighted by Crippen LogP contribution is -2.28. The molecule has 0 fully saturated rings. The Morgan fingerprint density at radius 1 is 1.47 bits per heavy atom. The van der Waals surface area contributed by atoms with Crippen LogP contribution in [0.4, 0.5) is 0 Å². The number of thiophene rings is 1. The highest BCUT2D eigenvalue weighted by molar-refractivity contribution is 7.10. The summed E-state index contributed by atoms with van der Waals surface area (Å²) in [4.78, 5) is 17.3. The monoisotopic (exact) mass is 294 g/mol. The van der Waals surface area contributed by atoms with Crippen LogP contribution in [0.5, 0.6) is 0 Å². The molecular weight excluding hydrogens is 280 g/mol. The second-order valence-electron chi connectivity index (χ2n) is 4.17. The molecule has 0 aromatic carbocycles. The zero-order chi connectivity index (χ0) is 13.7. The fourth-order valence-corrected chi connectivity index (χ4v) is 2.87. The van der Waals surface area contributed by atoms with Crippen LogP contribution in [0.2, 0.25) is 5.15 Å². The van der Waals surface area contributed by atoms with Gasteiger partial charge in [0.2, 0.25) is 0 Å². The summed E-state index contributed by atoms with van der Waals surface area (Å²) in [6.45, 7) is 2.10. The number of hydrogen-bond donors (Lipinski definition) is 1. The Labute approximate surface area is 121 Å². The molecule has 0 aliphatic heterocycles. The highest BCUT2D eigenvalue weighted by Gasteiger charge is 2.17. The predicted octanol–water partition coefficient (Wildman–Crippen LogP) is 4.07. The van der Waals surface area contributed by atoms with Crippen LogP contribution in [-0.4, -0.2) is 10.9 Å². The molecule has 0 saturated heterocycles. The summed E-state index contributed by atoms with van der Waals surface area (Å²) < 4.78 is 0. The Hall–Kier alpha value is -1.39. The fraction of sp³-hybridized carbons (Fsp3) is 0.286. The number of carbonyl (C=O) groups is 1. The van der Waals surface area contributed by atoms with Gasteiger partial charge in [-0.1, -0.05) is 31.0 Å². The highest BCUT2D eigenvalue weighted by Crippen LogP contribution is 2.24. The molecular formula is C14H15ClN2OS. The zero-order valence-electron chi connectivity index (χ0n) is 10.6.